The van der Waals surface area contributed by atoms with E-state index in [0.717, 1.165) is 0 Å². The van der Waals surface area contributed by atoms with Gasteiger partial charge in [-0.3, -0.25) is 9.78 Å². The van der Waals surface area contributed by atoms with Crippen LogP contribution in [0.5, 0.6) is 0 Å². The summed E-state index contributed by atoms with van der Waals surface area (Å²) in [5.74, 6) is -1.14. The van der Waals surface area contributed by atoms with E-state index < -0.39 is 5.97 Å². The Morgan fingerprint density at radius 1 is 1.47 bits per heavy atom. The first-order valence-corrected chi connectivity index (χ1v) is 4.71. The standard InChI is InChI=1S/C9H9ClN2O3/c10-2-1-8(13)12-7-3-6(9(14)15)4-11-5-7/h3-5H,1-2H2,(H,12,13)(H,14,15). The molecule has 0 saturated carbocycles. The number of carbonyl (C=O) groups excluding carboxylic acids is 1. The first kappa shape index (κ1) is 11.5. The van der Waals surface area contributed by atoms with Gasteiger partial charge in [-0.1, -0.05) is 0 Å². The van der Waals surface area contributed by atoms with E-state index in [-0.39, 0.29) is 23.8 Å². The third-order valence-electron chi connectivity index (χ3n) is 1.59. The van der Waals surface area contributed by atoms with Gasteiger partial charge in [-0.25, -0.2) is 4.79 Å². The molecule has 80 valence electrons. The second kappa shape index (κ2) is 5.31. The summed E-state index contributed by atoms with van der Waals surface area (Å²) >= 11 is 5.37. The maximum atomic E-state index is 11.1. The molecule has 15 heavy (non-hydrogen) atoms. The predicted octanol–water partition coefficient (Wildman–Crippen LogP) is 1.35. The predicted molar refractivity (Wildman–Crippen MR) is 55.2 cm³/mol. The Hall–Kier alpha value is -1.62. The first-order valence-electron chi connectivity index (χ1n) is 4.17. The van der Waals surface area contributed by atoms with Crippen LogP contribution in [0.15, 0.2) is 18.5 Å². The minimum Gasteiger partial charge on any atom is -0.478 e. The highest BCUT2D eigenvalue weighted by Gasteiger charge is 2.06. The smallest absolute Gasteiger partial charge is 0.337 e. The van der Waals surface area contributed by atoms with Crippen molar-refractivity contribution >= 4 is 29.2 Å². The van der Waals surface area contributed by atoms with Crippen molar-refractivity contribution in [3.8, 4) is 0 Å². The highest BCUT2D eigenvalue weighted by Crippen LogP contribution is 2.08. The van der Waals surface area contributed by atoms with Gasteiger partial charge in [0, 0.05) is 18.5 Å². The normalized spacial score (nSPS) is 9.67. The molecule has 0 aromatic carbocycles. The van der Waals surface area contributed by atoms with Crippen LogP contribution in [0.1, 0.15) is 16.8 Å². The summed E-state index contributed by atoms with van der Waals surface area (Å²) in [7, 11) is 0. The minimum absolute atomic E-state index is 0.0265. The molecule has 1 aromatic heterocycles. The molecule has 1 amide bonds. The van der Waals surface area contributed by atoms with Gasteiger partial charge in [-0.15, -0.1) is 11.6 Å². The van der Waals surface area contributed by atoms with Crippen molar-refractivity contribution in [3.05, 3.63) is 24.0 Å². The Morgan fingerprint density at radius 3 is 2.80 bits per heavy atom. The number of alkyl halides is 1. The van der Waals surface area contributed by atoms with Crippen molar-refractivity contribution in [2.75, 3.05) is 11.2 Å². The molecule has 0 bridgehead atoms. The lowest BCUT2D eigenvalue weighted by atomic mass is 10.2. The Kier molecular flexibility index (Phi) is 4.05. The van der Waals surface area contributed by atoms with Crippen LogP contribution >= 0.6 is 11.6 Å². The second-order valence-corrected chi connectivity index (χ2v) is 3.13. The molecule has 0 radical (unpaired) electrons. The van der Waals surface area contributed by atoms with Gasteiger partial charge in [0.1, 0.15) is 0 Å². The SMILES string of the molecule is O=C(CCCl)Nc1cncc(C(=O)O)c1. The van der Waals surface area contributed by atoms with Gasteiger partial charge >= 0.3 is 5.97 Å². The number of nitrogens with one attached hydrogen (secondary N) is 1. The molecule has 0 aliphatic heterocycles. The number of pyridine rings is 1. The van der Waals surface area contributed by atoms with Crippen molar-refractivity contribution in [1.29, 1.82) is 0 Å². The summed E-state index contributed by atoms with van der Waals surface area (Å²) in [6.07, 6.45) is 2.76. The number of nitrogens with zero attached hydrogens (tertiary/aromatic N) is 1. The Labute approximate surface area is 91.1 Å². The second-order valence-electron chi connectivity index (χ2n) is 2.75. The van der Waals surface area contributed by atoms with Crippen molar-refractivity contribution < 1.29 is 14.7 Å². The monoisotopic (exact) mass is 228 g/mol. The van der Waals surface area contributed by atoms with Crippen LogP contribution in [0.3, 0.4) is 0 Å². The maximum Gasteiger partial charge on any atom is 0.337 e. The summed E-state index contributed by atoms with van der Waals surface area (Å²) in [6.45, 7) is 0. The summed E-state index contributed by atoms with van der Waals surface area (Å²) in [4.78, 5) is 25.4. The molecule has 0 fully saturated rings. The first-order chi connectivity index (χ1) is 7.13. The number of aromatic nitrogens is 1. The fourth-order valence-electron chi connectivity index (χ4n) is 0.935. The molecule has 0 atom stereocenters. The number of carboxylic acids is 1. The van der Waals surface area contributed by atoms with Gasteiger partial charge in [0.2, 0.25) is 5.91 Å². The van der Waals surface area contributed by atoms with Gasteiger partial charge in [-0.2, -0.15) is 0 Å². The average Bonchev–Trinajstić information content (AvgIpc) is 2.18. The highest BCUT2D eigenvalue weighted by molar-refractivity contribution is 6.19. The van der Waals surface area contributed by atoms with E-state index in [9.17, 15) is 9.59 Å². The maximum absolute atomic E-state index is 11.1. The van der Waals surface area contributed by atoms with E-state index in [1.54, 1.807) is 0 Å². The lowest BCUT2D eigenvalue weighted by molar-refractivity contribution is -0.115. The highest BCUT2D eigenvalue weighted by atomic mass is 35.5. The zero-order chi connectivity index (χ0) is 11.3. The number of carboxylic acid groups (broad SMARTS) is 1. The molecular formula is C9H9ClN2O3. The van der Waals surface area contributed by atoms with Crippen LogP contribution in [0.4, 0.5) is 5.69 Å². The van der Waals surface area contributed by atoms with Crippen LogP contribution in [-0.2, 0) is 4.79 Å². The van der Waals surface area contributed by atoms with E-state index in [0.29, 0.717) is 5.69 Å². The molecule has 0 unspecified atom stereocenters. The summed E-state index contributed by atoms with van der Waals surface area (Å²) in [5.41, 5.74) is 0.378. The Morgan fingerprint density at radius 2 is 2.20 bits per heavy atom. The van der Waals surface area contributed by atoms with Gasteiger partial charge in [0.25, 0.3) is 0 Å². The molecule has 0 spiro atoms. The molecule has 2 N–H and O–H groups in total. The van der Waals surface area contributed by atoms with Crippen LogP contribution in [0.2, 0.25) is 0 Å². The number of anilines is 1. The number of aromatic carboxylic acids is 1. The van der Waals surface area contributed by atoms with Gasteiger partial charge in [-0.05, 0) is 6.07 Å². The lowest BCUT2D eigenvalue weighted by Crippen LogP contribution is -2.12. The Bertz CT molecular complexity index is 381. The molecule has 0 aliphatic carbocycles. The van der Waals surface area contributed by atoms with Crippen molar-refractivity contribution in [1.82, 2.24) is 4.98 Å². The van der Waals surface area contributed by atoms with Crippen LogP contribution in [0.25, 0.3) is 0 Å². The average molecular weight is 229 g/mol. The van der Waals surface area contributed by atoms with Gasteiger partial charge in [0.15, 0.2) is 0 Å². The molecule has 1 aromatic rings. The molecular weight excluding hydrogens is 220 g/mol. The fourth-order valence-corrected chi connectivity index (χ4v) is 1.11. The molecule has 1 heterocycles. The largest absolute Gasteiger partial charge is 0.478 e. The van der Waals surface area contributed by atoms with Crippen molar-refractivity contribution in [2.45, 2.75) is 6.42 Å². The zero-order valence-corrected chi connectivity index (χ0v) is 8.49. The van der Waals surface area contributed by atoms with Crippen molar-refractivity contribution in [2.24, 2.45) is 0 Å². The number of carbonyl (C=O) groups is 2. The summed E-state index contributed by atoms with van der Waals surface area (Å²) < 4.78 is 0. The van der Waals surface area contributed by atoms with Crippen LogP contribution in [-0.4, -0.2) is 27.8 Å². The van der Waals surface area contributed by atoms with Gasteiger partial charge < -0.3 is 10.4 Å². The quantitative estimate of drug-likeness (QED) is 0.763. The molecule has 5 nitrogen and oxygen atoms in total. The third kappa shape index (κ3) is 3.55. The van der Waals surface area contributed by atoms with E-state index in [1.165, 1.54) is 18.5 Å². The number of halogens is 1. The number of hydrogen-bond donors (Lipinski definition) is 2. The fraction of sp³-hybridized carbons (Fsp3) is 0.222. The lowest BCUT2D eigenvalue weighted by Gasteiger charge is -2.03. The minimum atomic E-state index is -1.09. The summed E-state index contributed by atoms with van der Waals surface area (Å²) in [6, 6.07) is 1.33. The van der Waals surface area contributed by atoms with E-state index >= 15 is 0 Å². The number of hydrogen-bond acceptors (Lipinski definition) is 3. The number of rotatable bonds is 4. The molecule has 1 rings (SSSR count). The van der Waals surface area contributed by atoms with E-state index in [2.05, 4.69) is 10.3 Å². The molecule has 6 heteroatoms. The molecule has 0 saturated heterocycles. The van der Waals surface area contributed by atoms with E-state index in [4.69, 9.17) is 16.7 Å². The van der Waals surface area contributed by atoms with Crippen molar-refractivity contribution in [3.63, 3.8) is 0 Å². The summed E-state index contributed by atoms with van der Waals surface area (Å²) in [5, 5.41) is 11.2. The van der Waals surface area contributed by atoms with Crippen LogP contribution < -0.4 is 5.32 Å². The number of amides is 1. The topological polar surface area (TPSA) is 79.3 Å². The molecule has 0 aliphatic rings. The Balaban J connectivity index is 2.73. The van der Waals surface area contributed by atoms with Gasteiger partial charge in [0.05, 0.1) is 17.4 Å². The third-order valence-corrected chi connectivity index (χ3v) is 1.78. The van der Waals surface area contributed by atoms with Crippen LogP contribution in [0, 0.1) is 0 Å². The zero-order valence-electron chi connectivity index (χ0n) is 7.74. The van der Waals surface area contributed by atoms with E-state index in [1.807, 2.05) is 0 Å².